The van der Waals surface area contributed by atoms with Gasteiger partial charge in [-0.3, -0.25) is 14.5 Å². The van der Waals surface area contributed by atoms with Crippen molar-refractivity contribution in [1.29, 1.82) is 0 Å². The maximum absolute atomic E-state index is 13.5. The highest BCUT2D eigenvalue weighted by Crippen LogP contribution is 2.26. The summed E-state index contributed by atoms with van der Waals surface area (Å²) in [4.78, 5) is 29.0. The second-order valence-corrected chi connectivity index (χ2v) is 8.69. The zero-order chi connectivity index (χ0) is 24.2. The maximum atomic E-state index is 13.5. The third-order valence-electron chi connectivity index (χ3n) is 6.56. The van der Waals surface area contributed by atoms with E-state index in [0.717, 1.165) is 37.2 Å². The molecule has 0 bridgehead atoms. The van der Waals surface area contributed by atoms with E-state index in [1.807, 2.05) is 36.4 Å². The highest BCUT2D eigenvalue weighted by Gasteiger charge is 2.25. The zero-order valence-corrected chi connectivity index (χ0v) is 19.7. The summed E-state index contributed by atoms with van der Waals surface area (Å²) < 4.78 is 6.61. The monoisotopic (exact) mass is 468 g/mol. The molecule has 3 aromatic carbocycles. The molecular weight excluding hydrogens is 440 g/mol. The van der Waals surface area contributed by atoms with Gasteiger partial charge in [-0.1, -0.05) is 48.5 Å². The van der Waals surface area contributed by atoms with Crippen LogP contribution in [0.3, 0.4) is 0 Å². The first-order valence-corrected chi connectivity index (χ1v) is 11.9. The number of amides is 1. The fourth-order valence-electron chi connectivity index (χ4n) is 4.71. The molecule has 1 fully saturated rings. The molecule has 2 heterocycles. The van der Waals surface area contributed by atoms with Crippen LogP contribution in [0.5, 0.6) is 5.75 Å². The molecule has 0 spiro atoms. The van der Waals surface area contributed by atoms with Gasteiger partial charge in [-0.15, -0.1) is 0 Å². The SMILES string of the molecule is COc1ccc([C@@H](CNC(=O)c2nn(-c3ccccc3)c(=O)c3ccccc23)N2CCCC2)cc1. The smallest absolute Gasteiger partial charge is 0.279 e. The first-order valence-electron chi connectivity index (χ1n) is 11.9. The Morgan fingerprint density at radius 2 is 1.60 bits per heavy atom. The van der Waals surface area contributed by atoms with Gasteiger partial charge in [0.1, 0.15) is 5.75 Å². The molecular formula is C28H28N4O3. The van der Waals surface area contributed by atoms with Crippen LogP contribution in [0.4, 0.5) is 0 Å². The third kappa shape index (κ3) is 4.68. The van der Waals surface area contributed by atoms with Crippen LogP contribution in [0.25, 0.3) is 16.5 Å². The van der Waals surface area contributed by atoms with E-state index in [9.17, 15) is 9.59 Å². The Morgan fingerprint density at radius 3 is 2.29 bits per heavy atom. The third-order valence-corrected chi connectivity index (χ3v) is 6.56. The van der Waals surface area contributed by atoms with E-state index in [1.165, 1.54) is 4.68 Å². The van der Waals surface area contributed by atoms with Crippen LogP contribution in [0.2, 0.25) is 0 Å². The summed E-state index contributed by atoms with van der Waals surface area (Å²) in [7, 11) is 1.65. The van der Waals surface area contributed by atoms with Crippen LogP contribution in [-0.4, -0.2) is 47.3 Å². The number of likely N-dealkylation sites (tertiary alicyclic amines) is 1. The van der Waals surface area contributed by atoms with Crippen LogP contribution in [0.15, 0.2) is 83.7 Å². The molecule has 7 nitrogen and oxygen atoms in total. The number of fused-ring (bicyclic) bond motifs is 1. The number of hydrogen-bond acceptors (Lipinski definition) is 5. The Labute approximate surface area is 204 Å². The van der Waals surface area contributed by atoms with E-state index in [-0.39, 0.29) is 23.2 Å². The zero-order valence-electron chi connectivity index (χ0n) is 19.7. The Kier molecular flexibility index (Phi) is 6.59. The quantitative estimate of drug-likeness (QED) is 0.444. The van der Waals surface area contributed by atoms with Crippen molar-refractivity contribution in [2.75, 3.05) is 26.7 Å². The minimum Gasteiger partial charge on any atom is -0.497 e. The summed E-state index contributed by atoms with van der Waals surface area (Å²) in [6, 6.07) is 24.3. The molecule has 1 aromatic heterocycles. The van der Waals surface area contributed by atoms with Gasteiger partial charge in [0.05, 0.1) is 24.2 Å². The van der Waals surface area contributed by atoms with E-state index in [2.05, 4.69) is 27.4 Å². The Bertz CT molecular complexity index is 1380. The highest BCUT2D eigenvalue weighted by molar-refractivity contribution is 6.04. The van der Waals surface area contributed by atoms with Gasteiger partial charge in [-0.25, -0.2) is 0 Å². The number of hydrogen-bond donors (Lipinski definition) is 1. The van der Waals surface area contributed by atoms with Crippen LogP contribution in [0, 0.1) is 0 Å². The second kappa shape index (κ2) is 10.1. The molecule has 0 radical (unpaired) electrons. The molecule has 1 amide bonds. The summed E-state index contributed by atoms with van der Waals surface area (Å²) >= 11 is 0. The first kappa shape index (κ1) is 22.8. The van der Waals surface area contributed by atoms with E-state index < -0.39 is 0 Å². The van der Waals surface area contributed by atoms with Crippen molar-refractivity contribution in [1.82, 2.24) is 20.0 Å². The van der Waals surface area contributed by atoms with Gasteiger partial charge >= 0.3 is 0 Å². The number of carbonyl (C=O) groups excluding carboxylic acids is 1. The number of nitrogens with zero attached hydrogens (tertiary/aromatic N) is 3. The number of benzene rings is 3. The van der Waals surface area contributed by atoms with Crippen molar-refractivity contribution < 1.29 is 9.53 Å². The van der Waals surface area contributed by atoms with E-state index >= 15 is 0 Å². The van der Waals surface area contributed by atoms with Gasteiger partial charge in [0.25, 0.3) is 11.5 Å². The lowest BCUT2D eigenvalue weighted by molar-refractivity contribution is 0.0933. The molecule has 0 unspecified atom stereocenters. The predicted molar refractivity (Wildman–Crippen MR) is 136 cm³/mol. The molecule has 1 saturated heterocycles. The average Bonchev–Trinajstić information content (AvgIpc) is 3.45. The molecule has 1 aliphatic rings. The second-order valence-electron chi connectivity index (χ2n) is 8.69. The molecule has 7 heteroatoms. The topological polar surface area (TPSA) is 76.5 Å². The fraction of sp³-hybridized carbons (Fsp3) is 0.250. The van der Waals surface area contributed by atoms with E-state index in [1.54, 1.807) is 37.4 Å². The lowest BCUT2D eigenvalue weighted by Gasteiger charge is -2.28. The van der Waals surface area contributed by atoms with Crippen molar-refractivity contribution in [3.63, 3.8) is 0 Å². The Hall–Kier alpha value is -3.97. The molecule has 1 aliphatic heterocycles. The van der Waals surface area contributed by atoms with Crippen molar-refractivity contribution >= 4 is 16.7 Å². The summed E-state index contributed by atoms with van der Waals surface area (Å²) in [5, 5.41) is 8.61. The summed E-state index contributed by atoms with van der Waals surface area (Å²) in [6.45, 7) is 2.42. The lowest BCUT2D eigenvalue weighted by atomic mass is 10.0. The van der Waals surface area contributed by atoms with Gasteiger partial charge in [0, 0.05) is 11.9 Å². The Balaban J connectivity index is 1.47. The molecule has 0 saturated carbocycles. The molecule has 5 rings (SSSR count). The van der Waals surface area contributed by atoms with Crippen molar-refractivity contribution in [3.8, 4) is 11.4 Å². The number of aromatic nitrogens is 2. The molecule has 4 aromatic rings. The first-order chi connectivity index (χ1) is 17.2. The number of carbonyl (C=O) groups is 1. The molecule has 178 valence electrons. The fourth-order valence-corrected chi connectivity index (χ4v) is 4.71. The van der Waals surface area contributed by atoms with E-state index in [0.29, 0.717) is 23.0 Å². The van der Waals surface area contributed by atoms with Crippen molar-refractivity contribution in [3.05, 3.63) is 100 Å². The highest BCUT2D eigenvalue weighted by atomic mass is 16.5. The van der Waals surface area contributed by atoms with Gasteiger partial charge in [0.15, 0.2) is 5.69 Å². The average molecular weight is 469 g/mol. The van der Waals surface area contributed by atoms with Crippen LogP contribution >= 0.6 is 0 Å². The standard InChI is InChI=1S/C28H28N4O3/c1-35-22-15-13-20(14-16-22)25(31-17-7-8-18-31)19-29-27(33)26-23-11-5-6-12-24(23)28(34)32(30-26)21-9-3-2-4-10-21/h2-6,9-16,25H,7-8,17-19H2,1H3,(H,29,33)/t25-/m1/s1. The van der Waals surface area contributed by atoms with Crippen molar-refractivity contribution in [2.24, 2.45) is 0 Å². The number of methoxy groups -OCH3 is 1. The largest absolute Gasteiger partial charge is 0.497 e. The predicted octanol–water partition coefficient (Wildman–Crippen LogP) is 3.96. The summed E-state index contributed by atoms with van der Waals surface area (Å²) in [5.41, 5.74) is 1.72. The van der Waals surface area contributed by atoms with Gasteiger partial charge in [0.2, 0.25) is 0 Å². The van der Waals surface area contributed by atoms with E-state index in [4.69, 9.17) is 4.74 Å². The number of para-hydroxylation sites is 1. The van der Waals surface area contributed by atoms with Crippen molar-refractivity contribution in [2.45, 2.75) is 18.9 Å². The maximum Gasteiger partial charge on any atom is 0.279 e. The van der Waals surface area contributed by atoms with Crippen LogP contribution < -0.4 is 15.6 Å². The van der Waals surface area contributed by atoms with Gasteiger partial charge in [-0.2, -0.15) is 9.78 Å². The summed E-state index contributed by atoms with van der Waals surface area (Å²) in [6.07, 6.45) is 2.30. The Morgan fingerprint density at radius 1 is 0.943 bits per heavy atom. The van der Waals surface area contributed by atoms with Gasteiger partial charge < -0.3 is 10.1 Å². The molecule has 1 atom stereocenters. The van der Waals surface area contributed by atoms with Gasteiger partial charge in [-0.05, 0) is 61.8 Å². The van der Waals surface area contributed by atoms with Crippen LogP contribution in [0.1, 0.15) is 34.9 Å². The number of rotatable bonds is 7. The number of nitrogens with one attached hydrogen (secondary N) is 1. The lowest BCUT2D eigenvalue weighted by Crippen LogP contribution is -2.38. The van der Waals surface area contributed by atoms with Crippen LogP contribution in [-0.2, 0) is 0 Å². The molecule has 0 aliphatic carbocycles. The molecule has 1 N–H and O–H groups in total. The minimum absolute atomic E-state index is 0.0404. The number of ether oxygens (including phenoxy) is 1. The summed E-state index contributed by atoms with van der Waals surface area (Å²) in [5.74, 6) is 0.500. The molecule has 35 heavy (non-hydrogen) atoms. The normalized spacial score (nSPS) is 14.7. The minimum atomic E-state index is -0.302.